The quantitative estimate of drug-likeness (QED) is 0.0351. The Morgan fingerprint density at radius 2 is 0.804 bits per heavy atom. The Morgan fingerprint density at radius 1 is 0.411 bits per heavy atom. The Labute approximate surface area is 347 Å². The van der Waals surface area contributed by atoms with Crippen LogP contribution in [0.3, 0.4) is 0 Å². The van der Waals surface area contributed by atoms with Crippen LogP contribution in [-0.2, 0) is 23.8 Å². The first-order chi connectivity index (χ1) is 27.6. The molecular weight excluding hydrogens is 693 g/mol. The van der Waals surface area contributed by atoms with Crippen molar-refractivity contribution in [2.75, 3.05) is 19.8 Å². The summed E-state index contributed by atoms with van der Waals surface area (Å²) in [6.07, 6.45) is 59.2. The number of unbranched alkanes of at least 4 members (excludes halogenated alkanes) is 19. The van der Waals surface area contributed by atoms with Gasteiger partial charge in [-0.1, -0.05) is 184 Å². The average Bonchev–Trinajstić information content (AvgIpc) is 3.20. The molecule has 0 aromatic carbocycles. The summed E-state index contributed by atoms with van der Waals surface area (Å²) in [6.45, 7) is 7.59. The highest BCUT2D eigenvalue weighted by molar-refractivity contribution is 5.70. The topological polar surface area (TPSA) is 61.8 Å². The Balaban J connectivity index is 4.21. The van der Waals surface area contributed by atoms with Gasteiger partial charge in [0, 0.05) is 19.4 Å². The number of allylic oxidation sites excluding steroid dienone is 12. The van der Waals surface area contributed by atoms with Crippen molar-refractivity contribution in [3.05, 3.63) is 72.9 Å². The van der Waals surface area contributed by atoms with Crippen molar-refractivity contribution >= 4 is 11.9 Å². The summed E-state index contributed by atoms with van der Waals surface area (Å²) >= 11 is 0. The Kier molecular flexibility index (Phi) is 44.5. The van der Waals surface area contributed by atoms with Gasteiger partial charge in [0.2, 0.25) is 0 Å². The Hall–Kier alpha value is -2.66. The lowest BCUT2D eigenvalue weighted by atomic mass is 10.1. The summed E-state index contributed by atoms with van der Waals surface area (Å²) in [5, 5.41) is 0. The molecule has 322 valence electrons. The fourth-order valence-corrected chi connectivity index (χ4v) is 6.24. The average molecular weight is 781 g/mol. The number of carbonyl (C=O) groups is 2. The van der Waals surface area contributed by atoms with E-state index in [1.807, 2.05) is 0 Å². The summed E-state index contributed by atoms with van der Waals surface area (Å²) in [4.78, 5) is 25.1. The second kappa shape index (κ2) is 46.7. The zero-order chi connectivity index (χ0) is 40.7. The number of hydrogen-bond donors (Lipinski definition) is 0. The molecule has 5 nitrogen and oxygen atoms in total. The van der Waals surface area contributed by atoms with Crippen LogP contribution in [0.25, 0.3) is 0 Å². The van der Waals surface area contributed by atoms with Gasteiger partial charge in [-0.15, -0.1) is 0 Å². The molecule has 0 heterocycles. The first kappa shape index (κ1) is 53.3. The lowest BCUT2D eigenvalue weighted by Crippen LogP contribution is -2.30. The molecule has 0 saturated carbocycles. The van der Waals surface area contributed by atoms with Crippen LogP contribution < -0.4 is 0 Å². The van der Waals surface area contributed by atoms with E-state index in [1.54, 1.807) is 0 Å². The molecule has 0 aliphatic rings. The second-order valence-electron chi connectivity index (χ2n) is 15.3. The predicted octanol–water partition coefficient (Wildman–Crippen LogP) is 15.6. The molecule has 0 aliphatic heterocycles. The van der Waals surface area contributed by atoms with Gasteiger partial charge in [0.25, 0.3) is 0 Å². The summed E-state index contributed by atoms with van der Waals surface area (Å²) in [5.74, 6) is -0.455. The molecule has 5 heteroatoms. The summed E-state index contributed by atoms with van der Waals surface area (Å²) in [5.41, 5.74) is 0. The van der Waals surface area contributed by atoms with Gasteiger partial charge in [-0.25, -0.2) is 0 Å². The normalized spacial score (nSPS) is 12.8. The lowest BCUT2D eigenvalue weighted by molar-refractivity contribution is -0.163. The standard InChI is InChI=1S/C51H88O5/c1-4-7-10-13-16-18-20-22-24-25-26-28-30-32-34-37-40-43-46-54-47-49(56-51(53)45-42-39-35-15-12-9-6-3)48-55-50(52)44-41-38-36-33-31-29-27-23-21-19-17-14-11-8-5-2/h8,11,16-19,22-24,27,31,33,49H,4-7,9-10,12-15,20-21,25-26,28-30,32,34-48H2,1-3H3/b11-8-,18-16-,19-17-,24-22-,27-23-,33-31-. The van der Waals surface area contributed by atoms with Crippen molar-refractivity contribution in [3.8, 4) is 0 Å². The van der Waals surface area contributed by atoms with E-state index in [0.717, 1.165) is 83.5 Å². The first-order valence-corrected chi connectivity index (χ1v) is 23.5. The number of rotatable bonds is 42. The minimum atomic E-state index is -0.553. The van der Waals surface area contributed by atoms with Crippen LogP contribution in [-0.4, -0.2) is 37.9 Å². The van der Waals surface area contributed by atoms with Crippen molar-refractivity contribution in [2.45, 2.75) is 219 Å². The zero-order valence-corrected chi connectivity index (χ0v) is 36.9. The molecule has 0 aromatic heterocycles. The molecule has 0 aliphatic carbocycles. The van der Waals surface area contributed by atoms with Crippen LogP contribution in [0.15, 0.2) is 72.9 Å². The molecule has 0 spiro atoms. The second-order valence-corrected chi connectivity index (χ2v) is 15.3. The molecule has 1 atom stereocenters. The SMILES string of the molecule is CC/C=C\C/C=C\C/C=C\C/C=C\CCCCC(=O)OCC(COCCCCCCCCCC/C=C\C/C=C\CCCCC)OC(=O)CCCCCCCCC. The number of ether oxygens (including phenoxy) is 3. The van der Waals surface area contributed by atoms with E-state index in [1.165, 1.54) is 96.3 Å². The fraction of sp³-hybridized carbons (Fsp3) is 0.725. The molecule has 1 unspecified atom stereocenters. The van der Waals surface area contributed by atoms with Crippen LogP contribution in [0.2, 0.25) is 0 Å². The minimum Gasteiger partial charge on any atom is -0.462 e. The molecular formula is C51H88O5. The van der Waals surface area contributed by atoms with E-state index in [9.17, 15) is 9.59 Å². The monoisotopic (exact) mass is 781 g/mol. The fourth-order valence-electron chi connectivity index (χ4n) is 6.24. The largest absolute Gasteiger partial charge is 0.462 e. The molecule has 0 radical (unpaired) electrons. The van der Waals surface area contributed by atoms with Crippen LogP contribution in [0.5, 0.6) is 0 Å². The van der Waals surface area contributed by atoms with E-state index < -0.39 is 6.10 Å². The number of esters is 2. The van der Waals surface area contributed by atoms with Crippen LogP contribution in [0, 0.1) is 0 Å². The highest BCUT2D eigenvalue weighted by atomic mass is 16.6. The molecule has 0 fully saturated rings. The van der Waals surface area contributed by atoms with Crippen molar-refractivity contribution in [3.63, 3.8) is 0 Å². The third-order valence-corrected chi connectivity index (χ3v) is 9.73. The zero-order valence-electron chi connectivity index (χ0n) is 36.9. The van der Waals surface area contributed by atoms with Gasteiger partial charge < -0.3 is 14.2 Å². The summed E-state index contributed by atoms with van der Waals surface area (Å²) in [7, 11) is 0. The maximum Gasteiger partial charge on any atom is 0.306 e. The summed E-state index contributed by atoms with van der Waals surface area (Å²) < 4.78 is 17.2. The van der Waals surface area contributed by atoms with Gasteiger partial charge in [-0.05, 0) is 89.9 Å². The molecule has 0 bridgehead atoms. The highest BCUT2D eigenvalue weighted by Crippen LogP contribution is 2.13. The maximum atomic E-state index is 12.6. The van der Waals surface area contributed by atoms with Crippen LogP contribution in [0.1, 0.15) is 213 Å². The van der Waals surface area contributed by atoms with Crippen molar-refractivity contribution in [2.24, 2.45) is 0 Å². The molecule has 0 saturated heterocycles. The van der Waals surface area contributed by atoms with E-state index >= 15 is 0 Å². The number of carbonyl (C=O) groups excluding carboxylic acids is 2. The van der Waals surface area contributed by atoms with Crippen molar-refractivity contribution in [1.29, 1.82) is 0 Å². The van der Waals surface area contributed by atoms with Crippen molar-refractivity contribution < 1.29 is 23.8 Å². The maximum absolute atomic E-state index is 12.6. The van der Waals surface area contributed by atoms with E-state index in [2.05, 4.69) is 93.7 Å². The first-order valence-electron chi connectivity index (χ1n) is 23.5. The van der Waals surface area contributed by atoms with Gasteiger partial charge in [-0.3, -0.25) is 9.59 Å². The van der Waals surface area contributed by atoms with E-state index in [-0.39, 0.29) is 25.2 Å². The van der Waals surface area contributed by atoms with Crippen LogP contribution >= 0.6 is 0 Å². The summed E-state index contributed by atoms with van der Waals surface area (Å²) in [6, 6.07) is 0. The van der Waals surface area contributed by atoms with Crippen molar-refractivity contribution in [1.82, 2.24) is 0 Å². The van der Waals surface area contributed by atoms with Gasteiger partial charge in [0.05, 0.1) is 6.61 Å². The predicted molar refractivity (Wildman–Crippen MR) is 242 cm³/mol. The van der Waals surface area contributed by atoms with Gasteiger partial charge >= 0.3 is 11.9 Å². The minimum absolute atomic E-state index is 0.0599. The smallest absolute Gasteiger partial charge is 0.306 e. The third-order valence-electron chi connectivity index (χ3n) is 9.73. The third kappa shape index (κ3) is 44.1. The Bertz CT molecular complexity index is 1020. The molecule has 0 amide bonds. The van der Waals surface area contributed by atoms with Crippen LogP contribution in [0.4, 0.5) is 0 Å². The van der Waals surface area contributed by atoms with Gasteiger partial charge in [0.1, 0.15) is 6.61 Å². The molecule has 0 aromatic rings. The Morgan fingerprint density at radius 3 is 1.36 bits per heavy atom. The molecule has 56 heavy (non-hydrogen) atoms. The van der Waals surface area contributed by atoms with E-state index in [4.69, 9.17) is 14.2 Å². The number of hydrogen-bond acceptors (Lipinski definition) is 5. The van der Waals surface area contributed by atoms with Gasteiger partial charge in [-0.2, -0.15) is 0 Å². The van der Waals surface area contributed by atoms with Gasteiger partial charge in [0.15, 0.2) is 6.10 Å². The van der Waals surface area contributed by atoms with E-state index in [0.29, 0.717) is 19.4 Å². The molecule has 0 N–H and O–H groups in total. The molecule has 0 rings (SSSR count). The lowest BCUT2D eigenvalue weighted by Gasteiger charge is -2.18. The highest BCUT2D eigenvalue weighted by Gasteiger charge is 2.17.